The maximum Gasteiger partial charge on any atom is 0.262 e. The highest BCUT2D eigenvalue weighted by Crippen LogP contribution is 2.27. The van der Waals surface area contributed by atoms with Crippen LogP contribution in [-0.4, -0.2) is 40.1 Å². The van der Waals surface area contributed by atoms with Crippen LogP contribution >= 0.6 is 0 Å². The molecule has 1 aromatic heterocycles. The van der Waals surface area contributed by atoms with Crippen LogP contribution in [0.3, 0.4) is 0 Å². The number of aryl methyl sites for hydroxylation is 2. The minimum absolute atomic E-state index is 0.0242. The summed E-state index contributed by atoms with van der Waals surface area (Å²) >= 11 is 0. The summed E-state index contributed by atoms with van der Waals surface area (Å²) in [6.07, 6.45) is 3.86. The molecule has 1 fully saturated rings. The number of likely N-dealkylation sites (tertiary alicyclic amines) is 1. The van der Waals surface area contributed by atoms with Gasteiger partial charge in [0.25, 0.3) is 5.91 Å². The highest BCUT2D eigenvalue weighted by atomic mass is 16.5. The van der Waals surface area contributed by atoms with Gasteiger partial charge >= 0.3 is 0 Å². The summed E-state index contributed by atoms with van der Waals surface area (Å²) in [5, 5.41) is 2.95. The number of imidazole rings is 1. The van der Waals surface area contributed by atoms with Crippen molar-refractivity contribution in [1.82, 2.24) is 14.5 Å². The molecule has 1 aliphatic heterocycles. The van der Waals surface area contributed by atoms with E-state index in [1.165, 1.54) is 19.3 Å². The van der Waals surface area contributed by atoms with Gasteiger partial charge in [-0.2, -0.15) is 0 Å². The van der Waals surface area contributed by atoms with E-state index in [9.17, 15) is 4.79 Å². The maximum atomic E-state index is 12.6. The first-order valence-corrected chi connectivity index (χ1v) is 11.6. The second kappa shape index (κ2) is 9.74. The highest BCUT2D eigenvalue weighted by Gasteiger charge is 2.16. The van der Waals surface area contributed by atoms with Crippen LogP contribution < -0.4 is 10.1 Å². The van der Waals surface area contributed by atoms with E-state index in [0.29, 0.717) is 5.92 Å². The highest BCUT2D eigenvalue weighted by molar-refractivity contribution is 5.94. The molecule has 0 spiro atoms. The van der Waals surface area contributed by atoms with Crippen LogP contribution in [0.15, 0.2) is 36.4 Å². The number of ether oxygens (including phenoxy) is 1. The van der Waals surface area contributed by atoms with Crippen molar-refractivity contribution >= 4 is 22.6 Å². The fourth-order valence-electron chi connectivity index (χ4n) is 4.37. The summed E-state index contributed by atoms with van der Waals surface area (Å²) in [6, 6.07) is 12.0. The number of anilines is 1. The van der Waals surface area contributed by atoms with Gasteiger partial charge < -0.3 is 14.6 Å². The number of carbonyl (C=O) groups excluding carboxylic acids is 1. The normalized spacial score (nSPS) is 14.8. The summed E-state index contributed by atoms with van der Waals surface area (Å²) in [5.74, 6) is 2.00. The molecule has 0 bridgehead atoms. The van der Waals surface area contributed by atoms with Crippen LogP contribution in [0.4, 0.5) is 5.69 Å². The lowest BCUT2D eigenvalue weighted by Gasteiger charge is -2.25. The molecule has 6 heteroatoms. The summed E-state index contributed by atoms with van der Waals surface area (Å²) in [5.41, 5.74) is 4.94. The van der Waals surface area contributed by atoms with E-state index in [-0.39, 0.29) is 12.5 Å². The molecule has 170 valence electrons. The van der Waals surface area contributed by atoms with Crippen molar-refractivity contribution in [1.29, 1.82) is 0 Å². The minimum atomic E-state index is -0.176. The van der Waals surface area contributed by atoms with E-state index in [2.05, 4.69) is 47.8 Å². The van der Waals surface area contributed by atoms with Gasteiger partial charge in [0, 0.05) is 12.7 Å². The second-order valence-electron chi connectivity index (χ2n) is 9.16. The largest absolute Gasteiger partial charge is 0.483 e. The Morgan fingerprint density at radius 3 is 2.66 bits per heavy atom. The predicted octanol–water partition coefficient (Wildman–Crippen LogP) is 5.01. The molecular weight excluding hydrogens is 400 g/mol. The molecular formula is C26H34N4O2. The van der Waals surface area contributed by atoms with Gasteiger partial charge in [-0.3, -0.25) is 9.69 Å². The van der Waals surface area contributed by atoms with Gasteiger partial charge in [0.15, 0.2) is 6.61 Å². The van der Waals surface area contributed by atoms with Gasteiger partial charge in [-0.25, -0.2) is 4.98 Å². The third-order valence-electron chi connectivity index (χ3n) is 6.22. The molecule has 2 aromatic carbocycles. The average molecular weight is 435 g/mol. The van der Waals surface area contributed by atoms with Gasteiger partial charge in [0.2, 0.25) is 0 Å². The fraction of sp³-hybridized carbons (Fsp3) is 0.462. The summed E-state index contributed by atoms with van der Waals surface area (Å²) in [7, 11) is 2.06. The number of fused-ring (bicyclic) bond motifs is 1. The predicted molar refractivity (Wildman–Crippen MR) is 129 cm³/mol. The van der Waals surface area contributed by atoms with Gasteiger partial charge in [0.1, 0.15) is 11.6 Å². The van der Waals surface area contributed by atoms with Crippen LogP contribution in [0.5, 0.6) is 5.75 Å². The SMILES string of the molecule is Cc1ccc(C(C)C)c(OCC(=O)Nc2ccc3c(c2)nc(CN2CCCCC2)n3C)c1. The van der Waals surface area contributed by atoms with Crippen LogP contribution in [0.2, 0.25) is 0 Å². The van der Waals surface area contributed by atoms with Crippen molar-refractivity contribution in [3.63, 3.8) is 0 Å². The Hall–Kier alpha value is -2.86. The number of amides is 1. The standard InChI is InChI=1S/C26H34N4O2/c1-18(2)21-10-8-19(3)14-24(21)32-17-26(31)27-20-9-11-23-22(15-20)28-25(29(23)4)16-30-12-6-5-7-13-30/h8-11,14-15,18H,5-7,12-13,16-17H2,1-4H3,(H,27,31). The summed E-state index contributed by atoms with van der Waals surface area (Å²) in [4.78, 5) is 19.9. The van der Waals surface area contributed by atoms with Gasteiger partial charge in [-0.05, 0) is 74.2 Å². The number of nitrogens with zero attached hydrogens (tertiary/aromatic N) is 3. The van der Waals surface area contributed by atoms with Crippen LogP contribution in [0.1, 0.15) is 56.0 Å². The Labute approximate surface area is 190 Å². The Morgan fingerprint density at radius 1 is 1.12 bits per heavy atom. The number of rotatable bonds is 7. The molecule has 1 aliphatic rings. The smallest absolute Gasteiger partial charge is 0.262 e. The molecule has 0 aliphatic carbocycles. The van der Waals surface area contributed by atoms with Gasteiger partial charge in [-0.1, -0.05) is 32.4 Å². The molecule has 1 amide bonds. The van der Waals surface area contributed by atoms with Gasteiger partial charge in [0.05, 0.1) is 17.6 Å². The molecule has 1 N–H and O–H groups in total. The van der Waals surface area contributed by atoms with Crippen molar-refractivity contribution in [2.75, 3.05) is 25.0 Å². The van der Waals surface area contributed by atoms with E-state index < -0.39 is 0 Å². The number of piperidine rings is 1. The summed E-state index contributed by atoms with van der Waals surface area (Å²) in [6.45, 7) is 9.41. The van der Waals surface area contributed by atoms with Crippen LogP contribution in [0, 0.1) is 6.92 Å². The number of hydrogen-bond acceptors (Lipinski definition) is 4. The molecule has 0 saturated carbocycles. The van der Waals surface area contributed by atoms with E-state index in [1.54, 1.807) is 0 Å². The first-order chi connectivity index (χ1) is 15.4. The molecule has 6 nitrogen and oxygen atoms in total. The minimum Gasteiger partial charge on any atom is -0.483 e. The Morgan fingerprint density at radius 2 is 1.91 bits per heavy atom. The molecule has 1 saturated heterocycles. The Bertz CT molecular complexity index is 1100. The summed E-state index contributed by atoms with van der Waals surface area (Å²) < 4.78 is 8.03. The van der Waals surface area contributed by atoms with E-state index in [4.69, 9.17) is 9.72 Å². The first kappa shape index (κ1) is 22.3. The molecule has 0 atom stereocenters. The molecule has 32 heavy (non-hydrogen) atoms. The lowest BCUT2D eigenvalue weighted by molar-refractivity contribution is -0.118. The Balaban J connectivity index is 1.42. The van der Waals surface area contributed by atoms with Crippen LogP contribution in [0.25, 0.3) is 11.0 Å². The molecule has 2 heterocycles. The third-order valence-corrected chi connectivity index (χ3v) is 6.22. The topological polar surface area (TPSA) is 59.4 Å². The lowest BCUT2D eigenvalue weighted by Crippen LogP contribution is -2.30. The maximum absolute atomic E-state index is 12.6. The van der Waals surface area contributed by atoms with E-state index >= 15 is 0 Å². The van der Waals surface area contributed by atoms with Crippen LogP contribution in [-0.2, 0) is 18.4 Å². The zero-order chi connectivity index (χ0) is 22.7. The lowest BCUT2D eigenvalue weighted by atomic mass is 10.0. The molecule has 4 rings (SSSR count). The van der Waals surface area contributed by atoms with Crippen molar-refractivity contribution in [2.24, 2.45) is 7.05 Å². The quantitative estimate of drug-likeness (QED) is 0.568. The number of aromatic nitrogens is 2. The first-order valence-electron chi connectivity index (χ1n) is 11.6. The number of hydrogen-bond donors (Lipinski definition) is 1. The third kappa shape index (κ3) is 5.13. The monoisotopic (exact) mass is 434 g/mol. The Kier molecular flexibility index (Phi) is 6.80. The fourth-order valence-corrected chi connectivity index (χ4v) is 4.37. The molecule has 0 radical (unpaired) electrons. The number of carbonyl (C=O) groups is 1. The van der Waals surface area contributed by atoms with Crippen molar-refractivity contribution in [2.45, 2.75) is 52.5 Å². The van der Waals surface area contributed by atoms with Gasteiger partial charge in [-0.15, -0.1) is 0 Å². The van der Waals surface area contributed by atoms with Crippen molar-refractivity contribution in [3.8, 4) is 5.75 Å². The van der Waals surface area contributed by atoms with Crippen molar-refractivity contribution < 1.29 is 9.53 Å². The zero-order valence-electron chi connectivity index (χ0n) is 19.6. The number of nitrogens with one attached hydrogen (secondary N) is 1. The van der Waals surface area contributed by atoms with E-state index in [0.717, 1.165) is 59.1 Å². The second-order valence-corrected chi connectivity index (χ2v) is 9.16. The molecule has 0 unspecified atom stereocenters. The zero-order valence-corrected chi connectivity index (χ0v) is 19.6. The number of benzene rings is 2. The molecule has 3 aromatic rings. The average Bonchev–Trinajstić information content (AvgIpc) is 3.07. The van der Waals surface area contributed by atoms with Crippen molar-refractivity contribution in [3.05, 3.63) is 53.3 Å². The van der Waals surface area contributed by atoms with E-state index in [1.807, 2.05) is 31.2 Å².